The summed E-state index contributed by atoms with van der Waals surface area (Å²) < 4.78 is 5.15. The highest BCUT2D eigenvalue weighted by molar-refractivity contribution is 6.30. The van der Waals surface area contributed by atoms with Gasteiger partial charge in [-0.1, -0.05) is 23.7 Å². The summed E-state index contributed by atoms with van der Waals surface area (Å²) in [5.74, 6) is -0.0789. The number of carbonyl (C=O) groups is 1. The summed E-state index contributed by atoms with van der Waals surface area (Å²) in [6.45, 7) is 0. The number of ether oxygens (including phenoxy) is 1. The molecule has 2 bridgehead atoms. The summed E-state index contributed by atoms with van der Waals surface area (Å²) in [6.07, 6.45) is 1.81. The van der Waals surface area contributed by atoms with Crippen LogP contribution in [0.2, 0.25) is 5.02 Å². The third kappa shape index (κ3) is 0.894. The van der Waals surface area contributed by atoms with Gasteiger partial charge in [0.05, 0.1) is 5.41 Å². The largest absolute Gasteiger partial charge is 0.462 e. The molecular formula is C11H9ClO2. The molecule has 0 radical (unpaired) electrons. The normalized spacial score (nSPS) is 33.8. The van der Waals surface area contributed by atoms with Crippen LogP contribution in [-0.4, -0.2) is 12.1 Å². The SMILES string of the molecule is O=C1OC2CC1(c1cccc(Cl)c1)C2. The number of halogens is 1. The fourth-order valence-corrected chi connectivity index (χ4v) is 2.56. The van der Waals surface area contributed by atoms with Gasteiger partial charge in [-0.3, -0.25) is 4.79 Å². The van der Waals surface area contributed by atoms with E-state index >= 15 is 0 Å². The summed E-state index contributed by atoms with van der Waals surface area (Å²) in [5, 5.41) is 0.681. The zero-order valence-corrected chi connectivity index (χ0v) is 8.25. The predicted octanol–water partition coefficient (Wildman–Crippen LogP) is 2.30. The first kappa shape index (κ1) is 8.30. The van der Waals surface area contributed by atoms with Gasteiger partial charge in [0, 0.05) is 17.9 Å². The van der Waals surface area contributed by atoms with Gasteiger partial charge in [-0.25, -0.2) is 0 Å². The summed E-state index contributed by atoms with van der Waals surface area (Å²) >= 11 is 5.90. The average molecular weight is 209 g/mol. The van der Waals surface area contributed by atoms with Crippen LogP contribution < -0.4 is 0 Å². The lowest BCUT2D eigenvalue weighted by molar-refractivity contribution is -0.139. The molecule has 0 N–H and O–H groups in total. The molecule has 14 heavy (non-hydrogen) atoms. The van der Waals surface area contributed by atoms with Crippen molar-refractivity contribution in [2.24, 2.45) is 0 Å². The Bertz CT molecular complexity index is 408. The minimum Gasteiger partial charge on any atom is -0.462 e. The summed E-state index contributed by atoms with van der Waals surface area (Å²) in [5.41, 5.74) is 0.638. The van der Waals surface area contributed by atoms with Crippen molar-refractivity contribution in [3.05, 3.63) is 34.9 Å². The Morgan fingerprint density at radius 3 is 2.79 bits per heavy atom. The van der Waals surface area contributed by atoms with E-state index < -0.39 is 0 Å². The van der Waals surface area contributed by atoms with Gasteiger partial charge in [0.25, 0.3) is 0 Å². The Labute approximate surface area is 86.8 Å². The number of benzene rings is 1. The molecule has 2 aliphatic heterocycles. The molecule has 2 saturated heterocycles. The number of esters is 1. The number of hydrogen-bond acceptors (Lipinski definition) is 2. The van der Waals surface area contributed by atoms with Crippen molar-refractivity contribution in [1.29, 1.82) is 0 Å². The maximum atomic E-state index is 11.6. The Morgan fingerprint density at radius 1 is 1.43 bits per heavy atom. The smallest absolute Gasteiger partial charge is 0.317 e. The summed E-state index contributed by atoms with van der Waals surface area (Å²) in [7, 11) is 0. The topological polar surface area (TPSA) is 26.3 Å². The lowest BCUT2D eigenvalue weighted by Crippen LogP contribution is -2.39. The first-order chi connectivity index (χ1) is 6.71. The molecule has 4 rings (SSSR count). The zero-order chi connectivity index (χ0) is 9.76. The van der Waals surface area contributed by atoms with Crippen molar-refractivity contribution in [3.63, 3.8) is 0 Å². The van der Waals surface area contributed by atoms with Crippen molar-refractivity contribution in [1.82, 2.24) is 0 Å². The van der Waals surface area contributed by atoms with Crippen LogP contribution in [0.4, 0.5) is 0 Å². The molecule has 1 aliphatic carbocycles. The van der Waals surface area contributed by atoms with Crippen LogP contribution in [0.3, 0.4) is 0 Å². The fourth-order valence-electron chi connectivity index (χ4n) is 2.37. The Balaban J connectivity index is 2.07. The molecule has 0 atom stereocenters. The van der Waals surface area contributed by atoms with E-state index in [2.05, 4.69) is 0 Å². The Kier molecular flexibility index (Phi) is 1.49. The molecule has 1 aromatic rings. The van der Waals surface area contributed by atoms with E-state index in [0.29, 0.717) is 5.02 Å². The third-order valence-corrected chi connectivity index (χ3v) is 3.43. The van der Waals surface area contributed by atoms with E-state index in [9.17, 15) is 4.79 Å². The third-order valence-electron chi connectivity index (χ3n) is 3.19. The van der Waals surface area contributed by atoms with Gasteiger partial charge in [0.1, 0.15) is 6.10 Å². The molecule has 1 saturated carbocycles. The van der Waals surface area contributed by atoms with Crippen LogP contribution in [0.25, 0.3) is 0 Å². The molecule has 0 aromatic heterocycles. The van der Waals surface area contributed by atoms with Gasteiger partial charge in [-0.15, -0.1) is 0 Å². The van der Waals surface area contributed by atoms with Crippen LogP contribution >= 0.6 is 11.6 Å². The first-order valence-electron chi connectivity index (χ1n) is 4.68. The molecule has 3 aliphatic rings. The van der Waals surface area contributed by atoms with E-state index in [1.165, 1.54) is 0 Å². The van der Waals surface area contributed by atoms with Gasteiger partial charge in [-0.2, -0.15) is 0 Å². The molecule has 2 heterocycles. The molecule has 3 heteroatoms. The lowest BCUT2D eigenvalue weighted by atomic mass is 9.65. The van der Waals surface area contributed by atoms with E-state index in [4.69, 9.17) is 16.3 Å². The number of carbonyl (C=O) groups excluding carboxylic acids is 1. The first-order valence-corrected chi connectivity index (χ1v) is 5.06. The predicted molar refractivity (Wildman–Crippen MR) is 52.2 cm³/mol. The standard InChI is InChI=1S/C11H9ClO2/c12-8-3-1-2-7(4-8)11-5-9(6-11)14-10(11)13/h1-4,9H,5-6H2. The molecule has 1 aromatic carbocycles. The quantitative estimate of drug-likeness (QED) is 0.662. The van der Waals surface area contributed by atoms with Crippen LogP contribution in [0.5, 0.6) is 0 Å². The molecule has 72 valence electrons. The minimum atomic E-state index is -0.366. The molecule has 0 unspecified atom stereocenters. The second-order valence-corrected chi connectivity index (χ2v) is 4.46. The van der Waals surface area contributed by atoms with Crippen LogP contribution in [-0.2, 0) is 14.9 Å². The molecular weight excluding hydrogens is 200 g/mol. The number of hydrogen-bond donors (Lipinski definition) is 0. The molecule has 2 nitrogen and oxygen atoms in total. The van der Waals surface area contributed by atoms with Crippen molar-refractivity contribution in [3.8, 4) is 0 Å². The van der Waals surface area contributed by atoms with Gasteiger partial charge in [-0.05, 0) is 17.7 Å². The molecule has 0 amide bonds. The van der Waals surface area contributed by atoms with Crippen molar-refractivity contribution in [2.75, 3.05) is 0 Å². The second-order valence-electron chi connectivity index (χ2n) is 4.03. The van der Waals surface area contributed by atoms with Crippen LogP contribution in [0, 0.1) is 0 Å². The number of fused-ring (bicyclic) bond motifs is 1. The second kappa shape index (κ2) is 2.51. The highest BCUT2D eigenvalue weighted by Gasteiger charge is 2.61. The highest BCUT2D eigenvalue weighted by Crippen LogP contribution is 2.52. The van der Waals surface area contributed by atoms with Crippen molar-refractivity contribution in [2.45, 2.75) is 24.4 Å². The zero-order valence-electron chi connectivity index (χ0n) is 7.50. The highest BCUT2D eigenvalue weighted by atomic mass is 35.5. The summed E-state index contributed by atoms with van der Waals surface area (Å²) in [4.78, 5) is 11.6. The average Bonchev–Trinajstić information content (AvgIpc) is 2.56. The van der Waals surface area contributed by atoms with Crippen LogP contribution in [0.15, 0.2) is 24.3 Å². The fraction of sp³-hybridized carbons (Fsp3) is 0.364. The van der Waals surface area contributed by atoms with Gasteiger partial charge < -0.3 is 4.74 Å². The maximum absolute atomic E-state index is 11.6. The van der Waals surface area contributed by atoms with E-state index in [1.54, 1.807) is 0 Å². The Morgan fingerprint density at radius 2 is 2.21 bits per heavy atom. The van der Waals surface area contributed by atoms with Gasteiger partial charge >= 0.3 is 5.97 Å². The molecule has 0 spiro atoms. The van der Waals surface area contributed by atoms with E-state index in [-0.39, 0.29) is 17.5 Å². The Hall–Kier alpha value is -1.02. The molecule has 3 fully saturated rings. The maximum Gasteiger partial charge on any atom is 0.317 e. The minimum absolute atomic E-state index is 0.0789. The van der Waals surface area contributed by atoms with Gasteiger partial charge in [0.2, 0.25) is 0 Å². The van der Waals surface area contributed by atoms with Crippen molar-refractivity contribution >= 4 is 17.6 Å². The lowest BCUT2D eigenvalue weighted by Gasteiger charge is -2.32. The van der Waals surface area contributed by atoms with E-state index in [0.717, 1.165) is 18.4 Å². The summed E-state index contributed by atoms with van der Waals surface area (Å²) in [6, 6.07) is 7.52. The van der Waals surface area contributed by atoms with Gasteiger partial charge in [0.15, 0.2) is 0 Å². The van der Waals surface area contributed by atoms with Crippen molar-refractivity contribution < 1.29 is 9.53 Å². The van der Waals surface area contributed by atoms with E-state index in [1.807, 2.05) is 24.3 Å². The number of rotatable bonds is 1. The van der Waals surface area contributed by atoms with Crippen LogP contribution in [0.1, 0.15) is 18.4 Å². The monoisotopic (exact) mass is 208 g/mol.